The fourth-order valence-corrected chi connectivity index (χ4v) is 1.09. The Morgan fingerprint density at radius 1 is 1.31 bits per heavy atom. The molecule has 3 N–H and O–H groups in total. The van der Waals surface area contributed by atoms with E-state index in [-0.39, 0.29) is 0 Å². The number of rotatable bonds is 6. The summed E-state index contributed by atoms with van der Waals surface area (Å²) in [5, 5.41) is 2.96. The fourth-order valence-electron chi connectivity index (χ4n) is 1.09. The van der Waals surface area contributed by atoms with Crippen LogP contribution in [0.25, 0.3) is 0 Å². The van der Waals surface area contributed by atoms with E-state index < -0.39 is 0 Å². The van der Waals surface area contributed by atoms with Crippen molar-refractivity contribution in [2.75, 3.05) is 32.7 Å². The molecule has 0 fully saturated rings. The Morgan fingerprint density at radius 2 is 1.92 bits per heavy atom. The normalized spacial score (nSPS) is 12.2. The highest BCUT2D eigenvalue weighted by molar-refractivity contribution is 5.77. The van der Waals surface area contributed by atoms with Gasteiger partial charge in [0.2, 0.25) is 0 Å². The van der Waals surface area contributed by atoms with E-state index in [2.05, 4.69) is 29.1 Å². The lowest BCUT2D eigenvalue weighted by atomic mass is 10.5. The summed E-state index contributed by atoms with van der Waals surface area (Å²) >= 11 is 0. The minimum absolute atomic E-state index is 0.551. The van der Waals surface area contributed by atoms with Gasteiger partial charge in [-0.05, 0) is 20.0 Å². The average Bonchev–Trinajstić information content (AvgIpc) is 2.13. The molecule has 78 valence electrons. The third kappa shape index (κ3) is 6.40. The van der Waals surface area contributed by atoms with Crippen LogP contribution in [0.1, 0.15) is 20.8 Å². The SMILES string of the molecule is CCNC(N)=NCCN(CC)CC. The molecule has 0 bridgehead atoms. The molecule has 0 amide bonds. The van der Waals surface area contributed by atoms with Gasteiger partial charge < -0.3 is 16.0 Å². The van der Waals surface area contributed by atoms with Crippen LogP contribution in [0.15, 0.2) is 4.99 Å². The van der Waals surface area contributed by atoms with Crippen molar-refractivity contribution in [1.29, 1.82) is 0 Å². The van der Waals surface area contributed by atoms with Crippen molar-refractivity contribution >= 4 is 5.96 Å². The van der Waals surface area contributed by atoms with Crippen LogP contribution >= 0.6 is 0 Å². The average molecular weight is 186 g/mol. The van der Waals surface area contributed by atoms with Gasteiger partial charge in [0.15, 0.2) is 5.96 Å². The van der Waals surface area contributed by atoms with Crippen LogP contribution in [0.4, 0.5) is 0 Å². The molecule has 0 unspecified atom stereocenters. The molecule has 0 spiro atoms. The second kappa shape index (κ2) is 7.86. The first kappa shape index (κ1) is 12.2. The summed E-state index contributed by atoms with van der Waals surface area (Å²) in [4.78, 5) is 6.51. The van der Waals surface area contributed by atoms with E-state index in [0.29, 0.717) is 5.96 Å². The highest BCUT2D eigenvalue weighted by Crippen LogP contribution is 1.85. The van der Waals surface area contributed by atoms with E-state index in [1.807, 2.05) is 6.92 Å². The van der Waals surface area contributed by atoms with Gasteiger partial charge in [0.25, 0.3) is 0 Å². The Hall–Kier alpha value is -0.770. The monoisotopic (exact) mass is 186 g/mol. The van der Waals surface area contributed by atoms with Gasteiger partial charge in [-0.1, -0.05) is 13.8 Å². The van der Waals surface area contributed by atoms with Crippen molar-refractivity contribution in [2.24, 2.45) is 10.7 Å². The number of nitrogens with one attached hydrogen (secondary N) is 1. The van der Waals surface area contributed by atoms with Gasteiger partial charge in [0.1, 0.15) is 0 Å². The van der Waals surface area contributed by atoms with E-state index in [0.717, 1.165) is 32.7 Å². The van der Waals surface area contributed by atoms with E-state index >= 15 is 0 Å². The van der Waals surface area contributed by atoms with Crippen molar-refractivity contribution < 1.29 is 0 Å². The second-order valence-corrected chi connectivity index (χ2v) is 2.82. The fraction of sp³-hybridized carbons (Fsp3) is 0.889. The first-order chi connectivity index (χ1) is 6.24. The molecule has 0 radical (unpaired) electrons. The maximum atomic E-state index is 5.57. The Morgan fingerprint density at radius 3 is 2.38 bits per heavy atom. The third-order valence-corrected chi connectivity index (χ3v) is 1.95. The highest BCUT2D eigenvalue weighted by Gasteiger charge is 1.96. The molecule has 4 nitrogen and oxygen atoms in total. The summed E-state index contributed by atoms with van der Waals surface area (Å²) in [5.41, 5.74) is 5.57. The molecule has 4 heteroatoms. The molecule has 0 aromatic heterocycles. The van der Waals surface area contributed by atoms with Crippen LogP contribution in [0.2, 0.25) is 0 Å². The number of guanidine groups is 1. The Bertz CT molecular complexity index is 141. The maximum Gasteiger partial charge on any atom is 0.188 e. The number of likely N-dealkylation sites (N-methyl/N-ethyl adjacent to an activating group) is 1. The largest absolute Gasteiger partial charge is 0.370 e. The minimum atomic E-state index is 0.551. The van der Waals surface area contributed by atoms with Crippen LogP contribution in [0.5, 0.6) is 0 Å². The van der Waals surface area contributed by atoms with Crippen LogP contribution in [-0.4, -0.2) is 43.6 Å². The second-order valence-electron chi connectivity index (χ2n) is 2.82. The molecule has 0 heterocycles. The summed E-state index contributed by atoms with van der Waals surface area (Å²) in [6.07, 6.45) is 0. The quantitative estimate of drug-likeness (QED) is 0.462. The minimum Gasteiger partial charge on any atom is -0.370 e. The molecular weight excluding hydrogens is 164 g/mol. The molecule has 0 aromatic rings. The zero-order chi connectivity index (χ0) is 10.1. The van der Waals surface area contributed by atoms with E-state index in [9.17, 15) is 0 Å². The number of aliphatic imine (C=N–C) groups is 1. The third-order valence-electron chi connectivity index (χ3n) is 1.95. The first-order valence-corrected chi connectivity index (χ1v) is 5.00. The lowest BCUT2D eigenvalue weighted by Gasteiger charge is -2.16. The molecule has 0 saturated carbocycles. The molecular formula is C9H22N4. The van der Waals surface area contributed by atoms with Crippen molar-refractivity contribution in [1.82, 2.24) is 10.2 Å². The van der Waals surface area contributed by atoms with E-state index in [1.165, 1.54) is 0 Å². The Labute approximate surface area is 81.2 Å². The van der Waals surface area contributed by atoms with Crippen molar-refractivity contribution in [3.63, 3.8) is 0 Å². The van der Waals surface area contributed by atoms with Gasteiger partial charge in [-0.15, -0.1) is 0 Å². The first-order valence-electron chi connectivity index (χ1n) is 5.00. The molecule has 0 atom stereocenters. The van der Waals surface area contributed by atoms with Crippen LogP contribution in [0.3, 0.4) is 0 Å². The van der Waals surface area contributed by atoms with Gasteiger partial charge in [-0.25, -0.2) is 0 Å². The summed E-state index contributed by atoms with van der Waals surface area (Å²) in [5.74, 6) is 0.551. The summed E-state index contributed by atoms with van der Waals surface area (Å²) in [6, 6.07) is 0. The highest BCUT2D eigenvalue weighted by atomic mass is 15.1. The maximum absolute atomic E-state index is 5.57. The van der Waals surface area contributed by atoms with Gasteiger partial charge in [0.05, 0.1) is 6.54 Å². The van der Waals surface area contributed by atoms with Gasteiger partial charge in [0, 0.05) is 13.1 Å². The molecule has 13 heavy (non-hydrogen) atoms. The zero-order valence-corrected chi connectivity index (χ0v) is 9.01. The lowest BCUT2D eigenvalue weighted by molar-refractivity contribution is 0.313. The predicted octanol–water partition coefficient (Wildman–Crippen LogP) is 0.252. The van der Waals surface area contributed by atoms with E-state index in [1.54, 1.807) is 0 Å². The summed E-state index contributed by atoms with van der Waals surface area (Å²) in [7, 11) is 0. The van der Waals surface area contributed by atoms with Gasteiger partial charge >= 0.3 is 0 Å². The van der Waals surface area contributed by atoms with Crippen LogP contribution in [0, 0.1) is 0 Å². The molecule has 0 aliphatic rings. The molecule has 0 aliphatic carbocycles. The van der Waals surface area contributed by atoms with Gasteiger partial charge in [-0.3, -0.25) is 4.99 Å². The van der Waals surface area contributed by atoms with Crippen LogP contribution in [-0.2, 0) is 0 Å². The summed E-state index contributed by atoms with van der Waals surface area (Å²) < 4.78 is 0. The number of nitrogens with zero attached hydrogens (tertiary/aromatic N) is 2. The van der Waals surface area contributed by atoms with Crippen LogP contribution < -0.4 is 11.1 Å². The number of hydrogen-bond acceptors (Lipinski definition) is 2. The molecule has 0 aromatic carbocycles. The number of hydrogen-bond donors (Lipinski definition) is 2. The van der Waals surface area contributed by atoms with Gasteiger partial charge in [-0.2, -0.15) is 0 Å². The topological polar surface area (TPSA) is 53.6 Å². The molecule has 0 saturated heterocycles. The Kier molecular flexibility index (Phi) is 7.39. The summed E-state index contributed by atoms with van der Waals surface area (Å²) in [6.45, 7) is 11.1. The Balaban J connectivity index is 3.57. The van der Waals surface area contributed by atoms with Crippen molar-refractivity contribution in [2.45, 2.75) is 20.8 Å². The lowest BCUT2D eigenvalue weighted by Crippen LogP contribution is -2.33. The number of nitrogens with two attached hydrogens (primary N) is 1. The van der Waals surface area contributed by atoms with Crippen molar-refractivity contribution in [3.05, 3.63) is 0 Å². The van der Waals surface area contributed by atoms with Crippen molar-refractivity contribution in [3.8, 4) is 0 Å². The molecule has 0 rings (SSSR count). The van der Waals surface area contributed by atoms with E-state index in [4.69, 9.17) is 5.73 Å². The molecule has 0 aliphatic heterocycles. The standard InChI is InChI=1S/C9H22N4/c1-4-11-9(10)12-7-8-13(5-2)6-3/h4-8H2,1-3H3,(H3,10,11,12). The predicted molar refractivity (Wildman–Crippen MR) is 58.0 cm³/mol. The zero-order valence-electron chi connectivity index (χ0n) is 9.01. The smallest absolute Gasteiger partial charge is 0.188 e.